The number of sulfonamides is 1. The van der Waals surface area contributed by atoms with Crippen LogP contribution in [0.2, 0.25) is 0 Å². The Morgan fingerprint density at radius 2 is 2.30 bits per heavy atom. The number of furan rings is 1. The second-order valence-electron chi connectivity index (χ2n) is 4.66. The molecule has 1 aliphatic carbocycles. The van der Waals surface area contributed by atoms with Crippen LogP contribution in [0.25, 0.3) is 0 Å². The Hall–Kier alpha value is -0.0200. The Labute approximate surface area is 131 Å². The molecule has 0 aromatic carbocycles. The quantitative estimate of drug-likeness (QED) is 0.788. The van der Waals surface area contributed by atoms with E-state index in [1.54, 1.807) is 11.8 Å². The minimum Gasteiger partial charge on any atom is -0.450 e. The normalized spacial score (nSPS) is 23.4. The van der Waals surface area contributed by atoms with Gasteiger partial charge < -0.3 is 9.52 Å². The van der Waals surface area contributed by atoms with Crippen molar-refractivity contribution in [1.29, 1.82) is 0 Å². The molecule has 1 fully saturated rings. The summed E-state index contributed by atoms with van der Waals surface area (Å²) >= 11 is 4.88. The lowest BCUT2D eigenvalue weighted by Gasteiger charge is -2.19. The van der Waals surface area contributed by atoms with Crippen molar-refractivity contribution in [3.8, 4) is 0 Å². The van der Waals surface area contributed by atoms with Crippen molar-refractivity contribution >= 4 is 37.7 Å². The maximum absolute atomic E-state index is 12.4. The van der Waals surface area contributed by atoms with Crippen LogP contribution in [0, 0.1) is 0 Å². The minimum atomic E-state index is -3.63. The Balaban J connectivity index is 2.16. The number of thioether (sulfide) groups is 1. The molecular formula is C12H18BrNO4S2. The summed E-state index contributed by atoms with van der Waals surface area (Å²) in [6, 6.07) is 1.31. The van der Waals surface area contributed by atoms with Gasteiger partial charge in [0.2, 0.25) is 10.0 Å². The van der Waals surface area contributed by atoms with Gasteiger partial charge in [-0.2, -0.15) is 11.8 Å². The average Bonchev–Trinajstić information content (AvgIpc) is 2.97. The summed E-state index contributed by atoms with van der Waals surface area (Å²) in [6.07, 6.45) is 2.94. The van der Waals surface area contributed by atoms with E-state index in [-0.39, 0.29) is 28.0 Å². The highest BCUT2D eigenvalue weighted by Gasteiger charge is 2.33. The van der Waals surface area contributed by atoms with E-state index in [2.05, 4.69) is 27.6 Å². The Morgan fingerprint density at radius 1 is 1.55 bits per heavy atom. The summed E-state index contributed by atoms with van der Waals surface area (Å²) in [7, 11) is -3.63. The van der Waals surface area contributed by atoms with Crippen LogP contribution in [0.4, 0.5) is 0 Å². The number of hydrogen-bond acceptors (Lipinski definition) is 5. The smallest absolute Gasteiger partial charge is 0.245 e. The molecule has 8 heteroatoms. The standard InChI is InChI=1S/C12H18BrNO4S2/c1-2-19-10-5-3-4-9(10)14-20(16,17)11-6-8(7-15)18-12(11)13/h6,9-10,14-15H,2-5,7H2,1H3. The summed E-state index contributed by atoms with van der Waals surface area (Å²) in [5, 5.41) is 9.34. The van der Waals surface area contributed by atoms with E-state index >= 15 is 0 Å². The van der Waals surface area contributed by atoms with E-state index in [4.69, 9.17) is 9.52 Å². The fraction of sp³-hybridized carbons (Fsp3) is 0.667. The molecule has 0 amide bonds. The van der Waals surface area contributed by atoms with Gasteiger partial charge in [0.1, 0.15) is 17.3 Å². The molecule has 0 aliphatic heterocycles. The Kier molecular flexibility index (Phi) is 5.58. The van der Waals surface area contributed by atoms with Crippen molar-refractivity contribution in [2.24, 2.45) is 0 Å². The lowest BCUT2D eigenvalue weighted by atomic mass is 10.3. The molecule has 0 spiro atoms. The minimum absolute atomic E-state index is 0.0377. The predicted molar refractivity (Wildman–Crippen MR) is 82.2 cm³/mol. The number of nitrogens with one attached hydrogen (secondary N) is 1. The van der Waals surface area contributed by atoms with Crippen LogP contribution in [-0.4, -0.2) is 30.6 Å². The monoisotopic (exact) mass is 383 g/mol. The maximum atomic E-state index is 12.4. The fourth-order valence-electron chi connectivity index (χ4n) is 2.40. The molecule has 0 radical (unpaired) electrons. The van der Waals surface area contributed by atoms with Crippen molar-refractivity contribution in [3.63, 3.8) is 0 Å². The molecular weight excluding hydrogens is 366 g/mol. The lowest BCUT2D eigenvalue weighted by molar-refractivity contribution is 0.245. The van der Waals surface area contributed by atoms with E-state index in [1.165, 1.54) is 6.07 Å². The third-order valence-corrected chi connectivity index (χ3v) is 6.96. The molecule has 2 atom stereocenters. The van der Waals surface area contributed by atoms with Gasteiger partial charge in [0.15, 0.2) is 4.67 Å². The molecule has 2 N–H and O–H groups in total. The number of hydrogen-bond donors (Lipinski definition) is 2. The van der Waals surface area contributed by atoms with E-state index < -0.39 is 10.0 Å². The summed E-state index contributed by atoms with van der Waals surface area (Å²) in [5.41, 5.74) is 0. The maximum Gasteiger partial charge on any atom is 0.245 e. The Morgan fingerprint density at radius 3 is 2.90 bits per heavy atom. The van der Waals surface area contributed by atoms with Crippen LogP contribution >= 0.6 is 27.7 Å². The topological polar surface area (TPSA) is 79.5 Å². The van der Waals surface area contributed by atoms with Gasteiger partial charge in [-0.1, -0.05) is 13.3 Å². The van der Waals surface area contributed by atoms with Crippen molar-refractivity contribution in [2.45, 2.75) is 49.0 Å². The van der Waals surface area contributed by atoms with Gasteiger partial charge in [0, 0.05) is 17.4 Å². The molecule has 20 heavy (non-hydrogen) atoms. The number of aliphatic hydroxyl groups excluding tert-OH is 1. The van der Waals surface area contributed by atoms with Crippen LogP contribution in [0.5, 0.6) is 0 Å². The first-order chi connectivity index (χ1) is 9.47. The van der Waals surface area contributed by atoms with E-state index in [0.717, 1.165) is 25.0 Å². The first-order valence-corrected chi connectivity index (χ1v) is 9.83. The van der Waals surface area contributed by atoms with Gasteiger partial charge >= 0.3 is 0 Å². The molecule has 1 saturated carbocycles. The number of aliphatic hydroxyl groups is 1. The van der Waals surface area contributed by atoms with Crippen molar-refractivity contribution in [1.82, 2.24) is 4.72 Å². The van der Waals surface area contributed by atoms with Gasteiger partial charge in [-0.15, -0.1) is 0 Å². The molecule has 0 saturated heterocycles. The number of rotatable bonds is 6. The average molecular weight is 384 g/mol. The molecule has 114 valence electrons. The molecule has 5 nitrogen and oxygen atoms in total. The number of halogens is 1. The van der Waals surface area contributed by atoms with Gasteiger partial charge in [-0.05, 0) is 34.5 Å². The third-order valence-electron chi connectivity index (χ3n) is 3.29. The molecule has 2 rings (SSSR count). The summed E-state index contributed by atoms with van der Waals surface area (Å²) < 4.78 is 32.8. The predicted octanol–water partition coefficient (Wildman–Crippen LogP) is 2.49. The van der Waals surface area contributed by atoms with E-state index in [9.17, 15) is 8.42 Å². The van der Waals surface area contributed by atoms with Gasteiger partial charge in [0.25, 0.3) is 0 Å². The summed E-state index contributed by atoms with van der Waals surface area (Å²) in [5.74, 6) is 1.20. The van der Waals surface area contributed by atoms with Crippen LogP contribution in [0.1, 0.15) is 31.9 Å². The highest BCUT2D eigenvalue weighted by Crippen LogP contribution is 2.32. The van der Waals surface area contributed by atoms with Crippen LogP contribution in [-0.2, 0) is 16.6 Å². The van der Waals surface area contributed by atoms with Crippen molar-refractivity contribution in [2.75, 3.05) is 5.75 Å². The molecule has 1 aromatic rings. The molecule has 1 aliphatic rings. The molecule has 2 unspecified atom stereocenters. The summed E-state index contributed by atoms with van der Waals surface area (Å²) in [4.78, 5) is 0.0497. The van der Waals surface area contributed by atoms with Crippen molar-refractivity contribution in [3.05, 3.63) is 16.5 Å². The zero-order valence-corrected chi connectivity index (χ0v) is 14.4. The molecule has 0 bridgehead atoms. The first kappa shape index (κ1) is 16.4. The zero-order valence-electron chi connectivity index (χ0n) is 11.1. The molecule has 1 heterocycles. The highest BCUT2D eigenvalue weighted by atomic mass is 79.9. The molecule has 1 aromatic heterocycles. The SMILES string of the molecule is CCSC1CCCC1NS(=O)(=O)c1cc(CO)oc1Br. The van der Waals surface area contributed by atoms with Gasteiger partial charge in [-0.25, -0.2) is 13.1 Å². The van der Waals surface area contributed by atoms with Crippen molar-refractivity contribution < 1.29 is 17.9 Å². The summed E-state index contributed by atoms with van der Waals surface area (Å²) in [6.45, 7) is 1.75. The zero-order chi connectivity index (χ0) is 14.8. The second kappa shape index (κ2) is 6.83. The van der Waals surface area contributed by atoms with E-state index in [0.29, 0.717) is 5.25 Å². The van der Waals surface area contributed by atoms with Gasteiger partial charge in [-0.3, -0.25) is 0 Å². The first-order valence-electron chi connectivity index (χ1n) is 6.51. The lowest BCUT2D eigenvalue weighted by Crippen LogP contribution is -2.38. The van der Waals surface area contributed by atoms with Gasteiger partial charge in [0.05, 0.1) is 0 Å². The van der Waals surface area contributed by atoms with E-state index in [1.807, 2.05) is 0 Å². The highest BCUT2D eigenvalue weighted by molar-refractivity contribution is 9.10. The van der Waals surface area contributed by atoms with Crippen LogP contribution in [0.3, 0.4) is 0 Å². The van der Waals surface area contributed by atoms with Crippen LogP contribution < -0.4 is 4.72 Å². The second-order valence-corrected chi connectivity index (χ2v) is 8.58. The third kappa shape index (κ3) is 3.59. The van der Waals surface area contributed by atoms with Crippen LogP contribution in [0.15, 0.2) is 20.0 Å². The largest absolute Gasteiger partial charge is 0.450 e. The Bertz CT molecular complexity index is 558. The fourth-order valence-corrected chi connectivity index (χ4v) is 5.99.